The molecule has 1 N–H and O–H groups in total. The minimum Gasteiger partial charge on any atom is -0.494 e. The van der Waals surface area contributed by atoms with Crippen molar-refractivity contribution in [1.29, 1.82) is 0 Å². The Balaban J connectivity index is 1.91. The van der Waals surface area contributed by atoms with Crippen LogP contribution in [-0.2, 0) is 4.74 Å². The first-order valence-corrected chi connectivity index (χ1v) is 8.11. The summed E-state index contributed by atoms with van der Waals surface area (Å²) >= 11 is 0. The topological polar surface area (TPSA) is 64.6 Å². The summed E-state index contributed by atoms with van der Waals surface area (Å²) in [6, 6.07) is 13.8. The number of nitrogens with one attached hydrogen (secondary N) is 1. The summed E-state index contributed by atoms with van der Waals surface area (Å²) in [6.45, 7) is 4.61. The number of ketones is 1. The molecule has 0 bridgehead atoms. The van der Waals surface area contributed by atoms with Crippen molar-refractivity contribution in [2.24, 2.45) is 0 Å². The number of allylic oxidation sites excluding steroid dienone is 1. The SMILES string of the molecule is CCOC(=O)c1ccc(NC=CC(=O)c2ccc(OCC)cc2)cc1. The van der Waals surface area contributed by atoms with Gasteiger partial charge in [-0.25, -0.2) is 4.79 Å². The molecule has 0 fully saturated rings. The van der Waals surface area contributed by atoms with Crippen molar-refractivity contribution in [2.45, 2.75) is 13.8 Å². The van der Waals surface area contributed by atoms with Gasteiger partial charge in [0, 0.05) is 23.5 Å². The van der Waals surface area contributed by atoms with Gasteiger partial charge in [0.2, 0.25) is 0 Å². The Morgan fingerprint density at radius 1 is 0.920 bits per heavy atom. The van der Waals surface area contributed by atoms with Crippen LogP contribution in [0, 0.1) is 0 Å². The third kappa shape index (κ3) is 5.49. The minimum atomic E-state index is -0.352. The van der Waals surface area contributed by atoms with Crippen LogP contribution >= 0.6 is 0 Å². The number of hydrogen-bond acceptors (Lipinski definition) is 5. The second-order valence-corrected chi connectivity index (χ2v) is 5.10. The predicted octanol–water partition coefficient (Wildman–Crippen LogP) is 4.07. The van der Waals surface area contributed by atoms with Crippen LogP contribution in [0.2, 0.25) is 0 Å². The van der Waals surface area contributed by atoms with Gasteiger partial charge in [-0.1, -0.05) is 0 Å². The Morgan fingerprint density at radius 3 is 2.16 bits per heavy atom. The average molecular weight is 339 g/mol. The highest BCUT2D eigenvalue weighted by atomic mass is 16.5. The molecule has 2 aromatic carbocycles. The van der Waals surface area contributed by atoms with E-state index in [2.05, 4.69) is 5.32 Å². The zero-order valence-electron chi connectivity index (χ0n) is 14.3. The molecule has 0 aliphatic heterocycles. The van der Waals surface area contributed by atoms with E-state index in [0.717, 1.165) is 11.4 Å². The predicted molar refractivity (Wildman–Crippen MR) is 97.1 cm³/mol. The van der Waals surface area contributed by atoms with Gasteiger partial charge in [-0.15, -0.1) is 0 Å². The van der Waals surface area contributed by atoms with Crippen LogP contribution in [0.5, 0.6) is 5.75 Å². The Kier molecular flexibility index (Phi) is 6.77. The molecule has 0 saturated carbocycles. The molecule has 25 heavy (non-hydrogen) atoms. The molecule has 0 spiro atoms. The van der Waals surface area contributed by atoms with Crippen LogP contribution in [0.1, 0.15) is 34.6 Å². The largest absolute Gasteiger partial charge is 0.494 e. The smallest absolute Gasteiger partial charge is 0.338 e. The number of benzene rings is 2. The number of carbonyl (C=O) groups is 2. The van der Waals surface area contributed by atoms with E-state index in [1.165, 1.54) is 6.08 Å². The van der Waals surface area contributed by atoms with E-state index in [0.29, 0.717) is 24.3 Å². The summed E-state index contributed by atoms with van der Waals surface area (Å²) in [4.78, 5) is 23.7. The first-order chi connectivity index (χ1) is 12.1. The lowest BCUT2D eigenvalue weighted by Crippen LogP contribution is -2.04. The van der Waals surface area contributed by atoms with Gasteiger partial charge in [-0.05, 0) is 62.4 Å². The molecular weight excluding hydrogens is 318 g/mol. The van der Waals surface area contributed by atoms with E-state index in [9.17, 15) is 9.59 Å². The minimum absolute atomic E-state index is 0.112. The van der Waals surface area contributed by atoms with Crippen LogP contribution < -0.4 is 10.1 Å². The molecule has 0 heterocycles. The molecular formula is C20H21NO4. The molecule has 0 atom stereocenters. The van der Waals surface area contributed by atoms with Gasteiger partial charge < -0.3 is 14.8 Å². The Hall–Kier alpha value is -3.08. The second kappa shape index (κ2) is 9.27. The highest BCUT2D eigenvalue weighted by Gasteiger charge is 2.05. The molecule has 0 saturated heterocycles. The molecule has 0 unspecified atom stereocenters. The lowest BCUT2D eigenvalue weighted by Gasteiger charge is -2.04. The maximum atomic E-state index is 12.1. The third-order valence-corrected chi connectivity index (χ3v) is 3.33. The Bertz CT molecular complexity index is 733. The van der Waals surface area contributed by atoms with Crippen molar-refractivity contribution in [3.8, 4) is 5.75 Å². The molecule has 2 aromatic rings. The average Bonchev–Trinajstić information content (AvgIpc) is 2.63. The van der Waals surface area contributed by atoms with Crippen molar-refractivity contribution < 1.29 is 19.1 Å². The molecule has 2 rings (SSSR count). The first-order valence-electron chi connectivity index (χ1n) is 8.11. The van der Waals surface area contributed by atoms with Gasteiger partial charge in [0.1, 0.15) is 5.75 Å². The highest BCUT2D eigenvalue weighted by Crippen LogP contribution is 2.13. The zero-order valence-corrected chi connectivity index (χ0v) is 14.3. The number of anilines is 1. The summed E-state index contributed by atoms with van der Waals surface area (Å²) in [5.41, 5.74) is 1.84. The van der Waals surface area contributed by atoms with Crippen LogP contribution in [0.4, 0.5) is 5.69 Å². The zero-order chi connectivity index (χ0) is 18.1. The lowest BCUT2D eigenvalue weighted by atomic mass is 10.1. The summed E-state index contributed by atoms with van der Waals surface area (Å²) in [7, 11) is 0. The molecule has 0 aliphatic rings. The van der Waals surface area contributed by atoms with Gasteiger partial charge >= 0.3 is 5.97 Å². The molecule has 5 heteroatoms. The normalized spacial score (nSPS) is 10.5. The highest BCUT2D eigenvalue weighted by molar-refractivity contribution is 6.04. The van der Waals surface area contributed by atoms with Crippen molar-refractivity contribution in [2.75, 3.05) is 18.5 Å². The number of ether oxygens (including phenoxy) is 2. The van der Waals surface area contributed by atoms with E-state index in [1.807, 2.05) is 6.92 Å². The fourth-order valence-electron chi connectivity index (χ4n) is 2.11. The van der Waals surface area contributed by atoms with Crippen molar-refractivity contribution >= 4 is 17.4 Å². The van der Waals surface area contributed by atoms with Gasteiger partial charge in [0.05, 0.1) is 18.8 Å². The fourth-order valence-corrected chi connectivity index (χ4v) is 2.11. The van der Waals surface area contributed by atoms with Crippen LogP contribution in [0.3, 0.4) is 0 Å². The third-order valence-electron chi connectivity index (χ3n) is 3.33. The summed E-state index contributed by atoms with van der Waals surface area (Å²) in [5, 5.41) is 3.00. The van der Waals surface area contributed by atoms with Gasteiger partial charge in [0.15, 0.2) is 5.78 Å². The quantitative estimate of drug-likeness (QED) is 0.446. The molecule has 130 valence electrons. The van der Waals surface area contributed by atoms with E-state index >= 15 is 0 Å². The van der Waals surface area contributed by atoms with Crippen LogP contribution in [0.25, 0.3) is 0 Å². The first kappa shape index (κ1) is 18.3. The van der Waals surface area contributed by atoms with Crippen LogP contribution in [0.15, 0.2) is 60.8 Å². The standard InChI is InChI=1S/C20H21NO4/c1-3-24-18-11-7-15(8-12-18)19(22)13-14-21-17-9-5-16(6-10-17)20(23)25-4-2/h5-14,21H,3-4H2,1-2H3. The number of esters is 1. The summed E-state index contributed by atoms with van der Waals surface area (Å²) in [6.07, 6.45) is 3.02. The second-order valence-electron chi connectivity index (χ2n) is 5.10. The molecule has 5 nitrogen and oxygen atoms in total. The summed E-state index contributed by atoms with van der Waals surface area (Å²) < 4.78 is 10.3. The Morgan fingerprint density at radius 2 is 1.56 bits per heavy atom. The lowest BCUT2D eigenvalue weighted by molar-refractivity contribution is 0.0526. The van der Waals surface area contributed by atoms with E-state index < -0.39 is 0 Å². The van der Waals surface area contributed by atoms with E-state index in [4.69, 9.17) is 9.47 Å². The van der Waals surface area contributed by atoms with E-state index in [1.54, 1.807) is 61.7 Å². The maximum absolute atomic E-state index is 12.1. The van der Waals surface area contributed by atoms with Gasteiger partial charge in [-0.3, -0.25) is 4.79 Å². The summed E-state index contributed by atoms with van der Waals surface area (Å²) in [5.74, 6) is 0.275. The number of carbonyl (C=O) groups excluding carboxylic acids is 2. The van der Waals surface area contributed by atoms with Crippen molar-refractivity contribution in [3.63, 3.8) is 0 Å². The van der Waals surface area contributed by atoms with Gasteiger partial charge in [0.25, 0.3) is 0 Å². The van der Waals surface area contributed by atoms with Crippen molar-refractivity contribution in [3.05, 3.63) is 71.9 Å². The van der Waals surface area contributed by atoms with E-state index in [-0.39, 0.29) is 11.8 Å². The molecule has 0 aromatic heterocycles. The Labute approximate surface area is 147 Å². The van der Waals surface area contributed by atoms with Gasteiger partial charge in [-0.2, -0.15) is 0 Å². The van der Waals surface area contributed by atoms with Crippen LogP contribution in [-0.4, -0.2) is 25.0 Å². The molecule has 0 amide bonds. The fraction of sp³-hybridized carbons (Fsp3) is 0.200. The molecule has 0 aliphatic carbocycles. The number of hydrogen-bond donors (Lipinski definition) is 1. The van der Waals surface area contributed by atoms with Crippen molar-refractivity contribution in [1.82, 2.24) is 0 Å². The maximum Gasteiger partial charge on any atom is 0.338 e. The number of rotatable bonds is 8. The molecule has 0 radical (unpaired) electrons. The monoisotopic (exact) mass is 339 g/mol.